The minimum absolute atomic E-state index is 0.296. The first-order valence-electron chi connectivity index (χ1n) is 9.68. The van der Waals surface area contributed by atoms with Gasteiger partial charge in [0.1, 0.15) is 5.66 Å². The van der Waals surface area contributed by atoms with Crippen molar-refractivity contribution in [2.75, 3.05) is 22.9 Å². The Morgan fingerprint density at radius 1 is 0.750 bits per heavy atom. The van der Waals surface area contributed by atoms with Gasteiger partial charge in [-0.15, -0.1) is 0 Å². The highest BCUT2D eigenvalue weighted by Gasteiger charge is 2.57. The molecule has 0 N–H and O–H groups in total. The summed E-state index contributed by atoms with van der Waals surface area (Å²) in [6.07, 6.45) is 0.932. The highest BCUT2D eigenvalue weighted by Crippen LogP contribution is 2.56. The predicted octanol–water partition coefficient (Wildman–Crippen LogP) is 6.35. The van der Waals surface area contributed by atoms with Crippen LogP contribution in [0.5, 0.6) is 0 Å². The lowest BCUT2D eigenvalue weighted by atomic mass is 9.74. The van der Waals surface area contributed by atoms with E-state index in [4.69, 9.17) is 23.2 Å². The molecule has 0 radical (unpaired) electrons. The van der Waals surface area contributed by atoms with Crippen LogP contribution in [0, 0.1) is 13.8 Å². The van der Waals surface area contributed by atoms with Gasteiger partial charge in [0.25, 0.3) is 0 Å². The predicted molar refractivity (Wildman–Crippen MR) is 119 cm³/mol. The number of hydrogen-bond acceptors (Lipinski definition) is 2. The maximum Gasteiger partial charge on any atom is 0.145 e. The van der Waals surface area contributed by atoms with Crippen molar-refractivity contribution in [2.24, 2.45) is 0 Å². The molecule has 0 aromatic heterocycles. The molecular weight excluding hydrogens is 387 g/mol. The molecule has 0 saturated carbocycles. The fourth-order valence-electron chi connectivity index (χ4n) is 4.97. The van der Waals surface area contributed by atoms with E-state index in [2.05, 4.69) is 78.2 Å². The Morgan fingerprint density at radius 2 is 1.29 bits per heavy atom. The van der Waals surface area contributed by atoms with E-state index in [0.717, 1.165) is 25.1 Å². The van der Waals surface area contributed by atoms with Crippen molar-refractivity contribution in [3.05, 3.63) is 93.0 Å². The van der Waals surface area contributed by atoms with Crippen LogP contribution in [0.1, 0.15) is 22.3 Å². The number of anilines is 2. The summed E-state index contributed by atoms with van der Waals surface area (Å²) in [7, 11) is 0. The zero-order valence-corrected chi connectivity index (χ0v) is 17.6. The van der Waals surface area contributed by atoms with Gasteiger partial charge >= 0.3 is 0 Å². The van der Waals surface area contributed by atoms with Gasteiger partial charge in [-0.1, -0.05) is 65.7 Å². The van der Waals surface area contributed by atoms with Crippen molar-refractivity contribution in [3.63, 3.8) is 0 Å². The van der Waals surface area contributed by atoms with E-state index in [-0.39, 0.29) is 5.66 Å². The van der Waals surface area contributed by atoms with Crippen LogP contribution >= 0.6 is 23.2 Å². The minimum atomic E-state index is -0.296. The van der Waals surface area contributed by atoms with Crippen LogP contribution in [-0.4, -0.2) is 13.1 Å². The molecule has 3 aromatic carbocycles. The number of hydrogen-bond donors (Lipinski definition) is 0. The van der Waals surface area contributed by atoms with E-state index in [9.17, 15) is 0 Å². The number of para-hydroxylation sites is 2. The lowest BCUT2D eigenvalue weighted by molar-refractivity contribution is 0.388. The molecular formula is C24H22Cl2N2. The molecule has 0 amide bonds. The Kier molecular flexibility index (Phi) is 4.12. The van der Waals surface area contributed by atoms with E-state index < -0.39 is 0 Å². The zero-order chi connectivity index (χ0) is 19.5. The second kappa shape index (κ2) is 6.43. The molecule has 1 aliphatic carbocycles. The molecule has 3 aromatic rings. The molecule has 5 rings (SSSR count). The summed E-state index contributed by atoms with van der Waals surface area (Å²) in [4.78, 5) is 5.05. The van der Waals surface area contributed by atoms with Gasteiger partial charge in [-0.3, -0.25) is 0 Å². The fourth-order valence-corrected chi connectivity index (χ4v) is 5.46. The maximum atomic E-state index is 6.80. The average molecular weight is 409 g/mol. The summed E-state index contributed by atoms with van der Waals surface area (Å²) in [6, 6.07) is 21.3. The maximum absolute atomic E-state index is 6.80. The Balaban J connectivity index is 1.75. The van der Waals surface area contributed by atoms with E-state index in [1.807, 2.05) is 6.07 Å². The van der Waals surface area contributed by atoms with Crippen LogP contribution in [0.15, 0.2) is 60.7 Å². The fraction of sp³-hybridized carbons (Fsp3) is 0.250. The summed E-state index contributed by atoms with van der Waals surface area (Å²) >= 11 is 13.3. The molecule has 2 aliphatic rings. The van der Waals surface area contributed by atoms with E-state index in [0.29, 0.717) is 10.0 Å². The van der Waals surface area contributed by atoms with Crippen molar-refractivity contribution >= 4 is 34.6 Å². The van der Waals surface area contributed by atoms with Crippen LogP contribution in [0.2, 0.25) is 10.0 Å². The van der Waals surface area contributed by atoms with Gasteiger partial charge in [0.15, 0.2) is 0 Å². The molecule has 28 heavy (non-hydrogen) atoms. The molecule has 142 valence electrons. The third kappa shape index (κ3) is 2.34. The number of fused-ring (bicyclic) bond motifs is 2. The summed E-state index contributed by atoms with van der Waals surface area (Å²) < 4.78 is 0. The number of halogens is 2. The van der Waals surface area contributed by atoms with Crippen molar-refractivity contribution in [1.82, 2.24) is 0 Å². The SMILES string of the molecule is Cc1ccccc1N1CCN(c2ccccc2C)C12Cc1ccc(Cl)c(Cl)c12. The minimum Gasteiger partial charge on any atom is -0.342 e. The topological polar surface area (TPSA) is 6.48 Å². The van der Waals surface area contributed by atoms with Crippen LogP contribution < -0.4 is 9.80 Å². The van der Waals surface area contributed by atoms with E-state index in [1.54, 1.807) is 0 Å². The second-order valence-corrected chi connectivity index (χ2v) is 8.55. The molecule has 0 unspecified atom stereocenters. The number of rotatable bonds is 2. The van der Waals surface area contributed by atoms with Crippen molar-refractivity contribution in [1.29, 1.82) is 0 Å². The normalized spacial score (nSPS) is 17.0. The third-order valence-corrected chi connectivity index (χ3v) is 7.08. The van der Waals surface area contributed by atoms with Crippen LogP contribution in [0.3, 0.4) is 0 Å². The summed E-state index contributed by atoms with van der Waals surface area (Å²) in [6.45, 7) is 6.25. The zero-order valence-electron chi connectivity index (χ0n) is 16.0. The number of aryl methyl sites for hydroxylation is 2. The van der Waals surface area contributed by atoms with E-state index >= 15 is 0 Å². The van der Waals surface area contributed by atoms with Gasteiger partial charge in [-0.05, 0) is 48.7 Å². The Labute approximate surface area is 176 Å². The van der Waals surface area contributed by atoms with Gasteiger partial charge in [0.05, 0.1) is 10.0 Å². The van der Waals surface area contributed by atoms with E-state index in [1.165, 1.54) is 28.1 Å². The van der Waals surface area contributed by atoms with Crippen molar-refractivity contribution < 1.29 is 0 Å². The number of nitrogens with zero attached hydrogens (tertiary/aromatic N) is 2. The van der Waals surface area contributed by atoms with Crippen LogP contribution in [0.25, 0.3) is 0 Å². The average Bonchev–Trinajstić information content (AvgIpc) is 3.06. The molecule has 1 heterocycles. The third-order valence-electron chi connectivity index (χ3n) is 6.27. The summed E-state index contributed by atoms with van der Waals surface area (Å²) in [5.41, 5.74) is 7.23. The van der Waals surface area contributed by atoms with Gasteiger partial charge in [-0.2, -0.15) is 0 Å². The molecule has 0 bridgehead atoms. The highest BCUT2D eigenvalue weighted by molar-refractivity contribution is 6.42. The largest absolute Gasteiger partial charge is 0.342 e. The Morgan fingerprint density at radius 3 is 1.82 bits per heavy atom. The van der Waals surface area contributed by atoms with Crippen molar-refractivity contribution in [3.8, 4) is 0 Å². The Hall–Kier alpha value is -2.16. The van der Waals surface area contributed by atoms with Gasteiger partial charge < -0.3 is 9.80 Å². The lowest BCUT2D eigenvalue weighted by Gasteiger charge is -2.54. The van der Waals surface area contributed by atoms with Gasteiger partial charge in [0.2, 0.25) is 0 Å². The molecule has 1 aliphatic heterocycles. The Bertz CT molecular complexity index is 1020. The molecule has 2 nitrogen and oxygen atoms in total. The first kappa shape index (κ1) is 17.9. The summed E-state index contributed by atoms with van der Waals surface area (Å²) in [5, 5.41) is 1.31. The standard InChI is InChI=1S/C24H22Cl2N2/c1-16-7-3-5-9-20(16)27-13-14-28(21-10-6-4-8-17(21)2)24(27)15-18-11-12-19(25)23(26)22(18)24/h3-12H,13-15H2,1-2H3. The monoisotopic (exact) mass is 408 g/mol. The second-order valence-electron chi connectivity index (χ2n) is 7.77. The number of benzene rings is 3. The molecule has 4 heteroatoms. The first-order valence-corrected chi connectivity index (χ1v) is 10.4. The van der Waals surface area contributed by atoms with Crippen molar-refractivity contribution in [2.45, 2.75) is 25.9 Å². The van der Waals surface area contributed by atoms with Gasteiger partial charge in [-0.25, -0.2) is 0 Å². The first-order chi connectivity index (χ1) is 13.5. The molecule has 1 saturated heterocycles. The molecule has 1 fully saturated rings. The summed E-state index contributed by atoms with van der Waals surface area (Å²) in [5.74, 6) is 0. The quantitative estimate of drug-likeness (QED) is 0.487. The smallest absolute Gasteiger partial charge is 0.145 e. The van der Waals surface area contributed by atoms with Crippen LogP contribution in [0.4, 0.5) is 11.4 Å². The van der Waals surface area contributed by atoms with Gasteiger partial charge in [0, 0.05) is 36.4 Å². The molecule has 0 atom stereocenters. The lowest BCUT2D eigenvalue weighted by Crippen LogP contribution is -2.59. The molecule has 1 spiro atoms. The van der Waals surface area contributed by atoms with Crippen LogP contribution in [-0.2, 0) is 12.1 Å². The highest BCUT2D eigenvalue weighted by atomic mass is 35.5.